The lowest BCUT2D eigenvalue weighted by Gasteiger charge is -2.15. The van der Waals surface area contributed by atoms with Gasteiger partial charge in [-0.3, -0.25) is 4.79 Å². The number of hydrogen-bond donors (Lipinski definition) is 5. The molecule has 162 valence electrons. The Kier molecular flexibility index (Phi) is 8.10. The summed E-state index contributed by atoms with van der Waals surface area (Å²) < 4.78 is 0. The molecule has 1 atom stereocenters. The summed E-state index contributed by atoms with van der Waals surface area (Å²) >= 11 is 0. The molecule has 0 aromatic carbocycles. The van der Waals surface area contributed by atoms with E-state index in [0.29, 0.717) is 37.2 Å². The van der Waals surface area contributed by atoms with E-state index in [0.717, 1.165) is 36.9 Å². The highest BCUT2D eigenvalue weighted by molar-refractivity contribution is 5.83. The first-order chi connectivity index (χ1) is 14.6. The number of amides is 1. The number of rotatable bonds is 11. The van der Waals surface area contributed by atoms with E-state index in [1.165, 1.54) is 12.0 Å². The molecule has 0 spiro atoms. The van der Waals surface area contributed by atoms with Gasteiger partial charge in [-0.05, 0) is 44.1 Å². The van der Waals surface area contributed by atoms with Crippen molar-refractivity contribution in [2.45, 2.75) is 58.0 Å². The van der Waals surface area contributed by atoms with E-state index < -0.39 is 0 Å². The molecule has 8 nitrogen and oxygen atoms in total. The molecule has 1 heterocycles. The van der Waals surface area contributed by atoms with Gasteiger partial charge in [-0.2, -0.15) is 0 Å². The molecule has 30 heavy (non-hydrogen) atoms. The molecule has 0 saturated heterocycles. The minimum absolute atomic E-state index is 0.0887. The first-order valence-electron chi connectivity index (χ1n) is 10.8. The molecular formula is C22H33N7O. The molecule has 2 aliphatic carbocycles. The Labute approximate surface area is 178 Å². The highest BCUT2D eigenvalue weighted by Crippen LogP contribution is 2.34. The molecular weight excluding hydrogens is 378 g/mol. The Balaban J connectivity index is 1.45. The van der Waals surface area contributed by atoms with Crippen LogP contribution in [-0.2, 0) is 17.8 Å². The molecule has 3 rings (SSSR count). The van der Waals surface area contributed by atoms with Crippen molar-refractivity contribution in [3.05, 3.63) is 40.8 Å². The predicted octanol–water partition coefficient (Wildman–Crippen LogP) is 1.83. The number of carbonyl (C=O) groups excluding carboxylic acids is 1. The van der Waals surface area contributed by atoms with Crippen molar-refractivity contribution in [1.29, 1.82) is 5.41 Å². The molecule has 8 heteroatoms. The van der Waals surface area contributed by atoms with E-state index in [4.69, 9.17) is 16.1 Å². The van der Waals surface area contributed by atoms with E-state index in [1.54, 1.807) is 5.57 Å². The van der Waals surface area contributed by atoms with Crippen LogP contribution in [0.15, 0.2) is 29.5 Å². The van der Waals surface area contributed by atoms with Crippen molar-refractivity contribution in [3.63, 3.8) is 0 Å². The average Bonchev–Trinajstić information content (AvgIpc) is 3.17. The summed E-state index contributed by atoms with van der Waals surface area (Å²) in [6, 6.07) is 0.361. The van der Waals surface area contributed by atoms with Crippen LogP contribution in [0.25, 0.3) is 0 Å². The van der Waals surface area contributed by atoms with Crippen LogP contribution in [0.5, 0.6) is 0 Å². The van der Waals surface area contributed by atoms with Gasteiger partial charge >= 0.3 is 0 Å². The quantitative estimate of drug-likeness (QED) is 0.279. The van der Waals surface area contributed by atoms with Crippen LogP contribution in [0.1, 0.15) is 50.3 Å². The van der Waals surface area contributed by atoms with Gasteiger partial charge < -0.3 is 27.1 Å². The minimum atomic E-state index is -0.0887. The lowest BCUT2D eigenvalue weighted by atomic mass is 10.0. The molecule has 1 aromatic rings. The van der Waals surface area contributed by atoms with Crippen LogP contribution in [0.3, 0.4) is 0 Å². The lowest BCUT2D eigenvalue weighted by Crippen LogP contribution is -2.35. The van der Waals surface area contributed by atoms with Crippen LogP contribution in [-0.4, -0.2) is 47.3 Å². The largest absolute Gasteiger partial charge is 0.351 e. The number of nitrogens with zero attached hydrogens (tertiary/aromatic N) is 2. The second-order valence-electron chi connectivity index (χ2n) is 7.85. The number of carbonyl (C=O) groups is 1. The zero-order valence-electron chi connectivity index (χ0n) is 17.8. The van der Waals surface area contributed by atoms with Gasteiger partial charge in [0.15, 0.2) is 0 Å². The Morgan fingerprint density at radius 1 is 1.37 bits per heavy atom. The van der Waals surface area contributed by atoms with E-state index in [9.17, 15) is 4.79 Å². The highest BCUT2D eigenvalue weighted by Gasteiger charge is 2.24. The second-order valence-corrected chi connectivity index (χ2v) is 7.85. The summed E-state index contributed by atoms with van der Waals surface area (Å²) in [5, 5.41) is 16.9. The van der Waals surface area contributed by atoms with Gasteiger partial charge in [0, 0.05) is 43.1 Å². The fourth-order valence-corrected chi connectivity index (χ4v) is 3.89. The molecule has 1 aromatic heterocycles. The smallest absolute Gasteiger partial charge is 0.234 e. The third-order valence-corrected chi connectivity index (χ3v) is 5.58. The van der Waals surface area contributed by atoms with Crippen molar-refractivity contribution >= 4 is 17.6 Å². The third-order valence-electron chi connectivity index (χ3n) is 5.58. The maximum absolute atomic E-state index is 12.0. The van der Waals surface area contributed by atoms with Gasteiger partial charge in [-0.1, -0.05) is 24.6 Å². The monoisotopic (exact) mass is 411 g/mol. The SMILES string of the molecule is CCc1nc(NC2CC3=C(CCC=C3)C2)ncc1CNC(=O)CNCCC(=N)CN. The van der Waals surface area contributed by atoms with Crippen molar-refractivity contribution in [2.75, 3.05) is 25.0 Å². The molecule has 0 bridgehead atoms. The number of hydrogen-bond acceptors (Lipinski definition) is 7. The summed E-state index contributed by atoms with van der Waals surface area (Å²) in [4.78, 5) is 21.2. The standard InChI is InChI=1S/C22H33N7O/c1-2-20-17(12-26-21(30)14-25-8-7-18(24)11-23)13-27-22(29-20)28-19-9-15-5-3-4-6-16(15)10-19/h3,5,13,19,24-25H,2,4,6-12,14,23H2,1H3,(H,26,30)(H,27,28,29). The molecule has 0 saturated carbocycles. The Bertz CT molecular complexity index is 831. The number of aromatic nitrogens is 2. The number of nitrogens with one attached hydrogen (secondary N) is 4. The van der Waals surface area contributed by atoms with Gasteiger partial charge in [0.2, 0.25) is 11.9 Å². The van der Waals surface area contributed by atoms with Gasteiger partial charge in [-0.15, -0.1) is 0 Å². The maximum atomic E-state index is 12.0. The fourth-order valence-electron chi connectivity index (χ4n) is 3.89. The van der Waals surface area contributed by atoms with Crippen LogP contribution < -0.4 is 21.7 Å². The highest BCUT2D eigenvalue weighted by atomic mass is 16.1. The second kappa shape index (κ2) is 11.0. The van der Waals surface area contributed by atoms with Crippen LogP contribution in [0.2, 0.25) is 0 Å². The third kappa shape index (κ3) is 6.21. The van der Waals surface area contributed by atoms with Crippen LogP contribution >= 0.6 is 0 Å². The number of allylic oxidation sites excluding steroid dienone is 2. The Morgan fingerprint density at radius 2 is 2.23 bits per heavy atom. The molecule has 6 N–H and O–H groups in total. The van der Waals surface area contributed by atoms with Gasteiger partial charge in [0.1, 0.15) is 0 Å². The Hall–Kier alpha value is -2.58. The van der Waals surface area contributed by atoms with Crippen molar-refractivity contribution in [1.82, 2.24) is 20.6 Å². The van der Waals surface area contributed by atoms with E-state index in [-0.39, 0.29) is 19.0 Å². The van der Waals surface area contributed by atoms with E-state index in [1.807, 2.05) is 6.20 Å². The average molecular weight is 412 g/mol. The zero-order chi connectivity index (χ0) is 21.3. The van der Waals surface area contributed by atoms with Crippen LogP contribution in [0, 0.1) is 5.41 Å². The molecule has 0 aliphatic heterocycles. The normalized spacial score (nSPS) is 17.7. The first kappa shape index (κ1) is 22.1. The topological polar surface area (TPSA) is 129 Å². The number of nitrogens with two attached hydrogens (primary N) is 1. The van der Waals surface area contributed by atoms with Gasteiger partial charge in [-0.25, -0.2) is 9.97 Å². The molecule has 0 fully saturated rings. The summed E-state index contributed by atoms with van der Waals surface area (Å²) in [6.45, 7) is 3.52. The number of aryl methyl sites for hydroxylation is 1. The van der Waals surface area contributed by atoms with Crippen molar-refractivity contribution in [2.24, 2.45) is 5.73 Å². The molecule has 1 amide bonds. The van der Waals surface area contributed by atoms with Crippen molar-refractivity contribution < 1.29 is 4.79 Å². The fraction of sp³-hybridized carbons (Fsp3) is 0.545. The summed E-state index contributed by atoms with van der Waals surface area (Å²) in [5.41, 5.74) is 10.8. The minimum Gasteiger partial charge on any atom is -0.351 e. The zero-order valence-corrected chi connectivity index (χ0v) is 17.8. The lowest BCUT2D eigenvalue weighted by molar-refractivity contribution is -0.120. The predicted molar refractivity (Wildman–Crippen MR) is 120 cm³/mol. The summed E-state index contributed by atoms with van der Waals surface area (Å²) in [6.07, 6.45) is 12.1. The van der Waals surface area contributed by atoms with Gasteiger partial charge in [0.05, 0.1) is 12.2 Å². The van der Waals surface area contributed by atoms with E-state index in [2.05, 4.69) is 40.0 Å². The van der Waals surface area contributed by atoms with Crippen LogP contribution in [0.4, 0.5) is 5.95 Å². The van der Waals surface area contributed by atoms with Crippen molar-refractivity contribution in [3.8, 4) is 0 Å². The summed E-state index contributed by atoms with van der Waals surface area (Å²) in [7, 11) is 0. The van der Waals surface area contributed by atoms with E-state index >= 15 is 0 Å². The molecule has 1 unspecified atom stereocenters. The summed E-state index contributed by atoms with van der Waals surface area (Å²) in [5.74, 6) is 0.578. The van der Waals surface area contributed by atoms with Gasteiger partial charge in [0.25, 0.3) is 0 Å². The molecule has 0 radical (unpaired) electrons. The maximum Gasteiger partial charge on any atom is 0.234 e. The molecule has 2 aliphatic rings. The number of anilines is 1. The first-order valence-corrected chi connectivity index (χ1v) is 10.8. The Morgan fingerprint density at radius 3 is 3.00 bits per heavy atom.